The number of para-hydroxylation sites is 2. The lowest BCUT2D eigenvalue weighted by Crippen LogP contribution is -2.30. The second-order valence-electron chi connectivity index (χ2n) is 5.53. The van der Waals surface area contributed by atoms with E-state index < -0.39 is 0 Å². The van der Waals surface area contributed by atoms with Crippen LogP contribution < -0.4 is 25.3 Å². The number of methoxy groups -OCH3 is 1. The van der Waals surface area contributed by atoms with Crippen molar-refractivity contribution in [3.05, 3.63) is 47.5 Å². The average molecular weight is 362 g/mol. The lowest BCUT2D eigenvalue weighted by atomic mass is 10.2. The molecule has 1 aliphatic heterocycles. The minimum atomic E-state index is -0.0399. The molecule has 25 heavy (non-hydrogen) atoms. The van der Waals surface area contributed by atoms with Crippen molar-refractivity contribution < 1.29 is 14.2 Å². The van der Waals surface area contributed by atoms with Crippen LogP contribution in [0, 0.1) is 0 Å². The fraction of sp³-hybridized carbons (Fsp3) is 0.278. The van der Waals surface area contributed by atoms with Crippen LogP contribution in [0.5, 0.6) is 17.2 Å². The molecule has 0 radical (unpaired) electrons. The van der Waals surface area contributed by atoms with Gasteiger partial charge in [0.2, 0.25) is 0 Å². The zero-order chi connectivity index (χ0) is 17.6. The summed E-state index contributed by atoms with van der Waals surface area (Å²) < 4.78 is 16.7. The molecule has 132 valence electrons. The fourth-order valence-electron chi connectivity index (χ4n) is 2.47. The van der Waals surface area contributed by atoms with Crippen molar-refractivity contribution in [1.82, 2.24) is 0 Å². The molecule has 1 aliphatic rings. The number of aliphatic imine (C=N–C) groups is 1. The van der Waals surface area contributed by atoms with Crippen molar-refractivity contribution in [3.8, 4) is 17.2 Å². The Balaban J connectivity index is 1.50. The zero-order valence-electron chi connectivity index (χ0n) is 13.9. The number of guanidine groups is 1. The summed E-state index contributed by atoms with van der Waals surface area (Å²) in [5, 5.41) is 3.51. The predicted molar refractivity (Wildman–Crippen MR) is 99.1 cm³/mol. The molecule has 0 spiro atoms. The van der Waals surface area contributed by atoms with Gasteiger partial charge in [-0.25, -0.2) is 0 Å². The highest BCUT2D eigenvalue weighted by molar-refractivity contribution is 6.32. The van der Waals surface area contributed by atoms with Crippen LogP contribution in [0.3, 0.4) is 0 Å². The van der Waals surface area contributed by atoms with Crippen LogP contribution in [0.25, 0.3) is 0 Å². The van der Waals surface area contributed by atoms with E-state index in [1.54, 1.807) is 19.2 Å². The maximum Gasteiger partial charge on any atom is 0.193 e. The number of rotatable bonds is 5. The summed E-state index contributed by atoms with van der Waals surface area (Å²) in [5.74, 6) is 2.47. The van der Waals surface area contributed by atoms with Gasteiger partial charge in [0.25, 0.3) is 0 Å². The third kappa shape index (κ3) is 4.48. The Morgan fingerprint density at radius 3 is 2.88 bits per heavy atom. The Morgan fingerprint density at radius 1 is 1.32 bits per heavy atom. The minimum Gasteiger partial charge on any atom is -0.495 e. The van der Waals surface area contributed by atoms with Gasteiger partial charge in [-0.1, -0.05) is 23.7 Å². The molecule has 0 amide bonds. The quantitative estimate of drug-likeness (QED) is 0.631. The molecule has 0 saturated heterocycles. The largest absolute Gasteiger partial charge is 0.495 e. The molecule has 1 atom stereocenters. The van der Waals surface area contributed by atoms with Gasteiger partial charge in [-0.15, -0.1) is 0 Å². The lowest BCUT2D eigenvalue weighted by Gasteiger charge is -2.26. The van der Waals surface area contributed by atoms with Crippen LogP contribution in [0.2, 0.25) is 5.02 Å². The normalized spacial score (nSPS) is 16.4. The van der Waals surface area contributed by atoms with Crippen LogP contribution in [-0.4, -0.2) is 32.3 Å². The van der Waals surface area contributed by atoms with Crippen molar-refractivity contribution in [2.24, 2.45) is 10.7 Å². The van der Waals surface area contributed by atoms with Crippen LogP contribution in [-0.2, 0) is 0 Å². The van der Waals surface area contributed by atoms with Gasteiger partial charge in [0.15, 0.2) is 17.5 Å². The summed E-state index contributed by atoms with van der Waals surface area (Å²) in [6, 6.07) is 13.0. The Bertz CT molecular complexity index is 767. The van der Waals surface area contributed by atoms with Gasteiger partial charge in [-0.05, 0) is 30.3 Å². The predicted octanol–water partition coefficient (Wildman–Crippen LogP) is 3.31. The molecule has 1 unspecified atom stereocenters. The first-order chi connectivity index (χ1) is 12.2. The minimum absolute atomic E-state index is 0.0399. The Morgan fingerprint density at radius 2 is 2.12 bits per heavy atom. The number of benzene rings is 2. The van der Waals surface area contributed by atoms with E-state index in [9.17, 15) is 0 Å². The van der Waals surface area contributed by atoms with Gasteiger partial charge in [-0.3, -0.25) is 4.99 Å². The molecule has 1 heterocycles. The number of fused-ring (bicyclic) bond motifs is 1. The van der Waals surface area contributed by atoms with Crippen molar-refractivity contribution in [2.75, 3.05) is 25.6 Å². The van der Waals surface area contributed by atoms with Gasteiger partial charge >= 0.3 is 0 Å². The zero-order valence-corrected chi connectivity index (χ0v) is 14.6. The number of nitrogens with two attached hydrogens (primary N) is 1. The van der Waals surface area contributed by atoms with E-state index in [0.717, 1.165) is 17.2 Å². The van der Waals surface area contributed by atoms with E-state index in [0.29, 0.717) is 36.3 Å². The second kappa shape index (κ2) is 7.98. The summed E-state index contributed by atoms with van der Waals surface area (Å²) in [6.45, 7) is 1.03. The highest BCUT2D eigenvalue weighted by atomic mass is 35.5. The van der Waals surface area contributed by atoms with Crippen molar-refractivity contribution in [2.45, 2.75) is 12.5 Å². The molecule has 0 aliphatic carbocycles. The first-order valence-corrected chi connectivity index (χ1v) is 8.32. The molecule has 3 N–H and O–H groups in total. The number of ether oxygens (including phenoxy) is 3. The maximum absolute atomic E-state index is 6.08. The number of anilines is 1. The van der Waals surface area contributed by atoms with Crippen LogP contribution in [0.4, 0.5) is 5.69 Å². The SMILES string of the molecule is COc1ccc(NC(N)=NCCC2COc3ccccc3O2)cc1Cl. The fourth-order valence-corrected chi connectivity index (χ4v) is 2.72. The van der Waals surface area contributed by atoms with Gasteiger partial charge in [-0.2, -0.15) is 0 Å². The maximum atomic E-state index is 6.08. The number of hydrogen-bond acceptors (Lipinski definition) is 4. The summed E-state index contributed by atoms with van der Waals surface area (Å²) >= 11 is 6.08. The van der Waals surface area contributed by atoms with E-state index in [1.807, 2.05) is 30.3 Å². The molecule has 3 rings (SSSR count). The lowest BCUT2D eigenvalue weighted by molar-refractivity contribution is 0.0867. The number of hydrogen-bond donors (Lipinski definition) is 2. The molecular formula is C18H20ClN3O3. The molecule has 0 aromatic heterocycles. The molecule has 2 aromatic rings. The molecule has 6 nitrogen and oxygen atoms in total. The molecule has 0 bridgehead atoms. The second-order valence-corrected chi connectivity index (χ2v) is 5.93. The van der Waals surface area contributed by atoms with Gasteiger partial charge in [0.1, 0.15) is 18.5 Å². The highest BCUT2D eigenvalue weighted by Crippen LogP contribution is 2.31. The van der Waals surface area contributed by atoms with E-state index in [2.05, 4.69) is 10.3 Å². The summed E-state index contributed by atoms with van der Waals surface area (Å²) in [5.41, 5.74) is 6.66. The highest BCUT2D eigenvalue weighted by Gasteiger charge is 2.19. The standard InChI is InChI=1S/C18H20ClN3O3/c1-23-15-7-6-12(10-14(15)19)22-18(20)21-9-8-13-11-24-16-4-2-3-5-17(16)25-13/h2-7,10,13H,8-9,11H2,1H3,(H3,20,21,22). The van der Waals surface area contributed by atoms with Crippen LogP contribution in [0.1, 0.15) is 6.42 Å². The van der Waals surface area contributed by atoms with Crippen molar-refractivity contribution >= 4 is 23.2 Å². The smallest absolute Gasteiger partial charge is 0.193 e. The first-order valence-electron chi connectivity index (χ1n) is 7.94. The van der Waals surface area contributed by atoms with Crippen LogP contribution in [0.15, 0.2) is 47.5 Å². The molecule has 7 heteroatoms. The molecule has 2 aromatic carbocycles. The average Bonchev–Trinajstić information content (AvgIpc) is 2.62. The molecule has 0 saturated carbocycles. The summed E-state index contributed by atoms with van der Waals surface area (Å²) in [4.78, 5) is 4.32. The monoisotopic (exact) mass is 361 g/mol. The van der Waals surface area contributed by atoms with Crippen molar-refractivity contribution in [3.63, 3.8) is 0 Å². The Kier molecular flexibility index (Phi) is 5.50. The summed E-state index contributed by atoms with van der Waals surface area (Å²) in [7, 11) is 1.57. The van der Waals surface area contributed by atoms with E-state index >= 15 is 0 Å². The third-order valence-corrected chi connectivity index (χ3v) is 4.02. The first kappa shape index (κ1) is 17.2. The third-order valence-electron chi connectivity index (χ3n) is 3.72. The number of nitrogens with one attached hydrogen (secondary N) is 1. The van der Waals surface area contributed by atoms with Gasteiger partial charge < -0.3 is 25.3 Å². The topological polar surface area (TPSA) is 78.1 Å². The summed E-state index contributed by atoms with van der Waals surface area (Å²) in [6.07, 6.45) is 0.668. The number of halogens is 1. The van der Waals surface area contributed by atoms with E-state index in [4.69, 9.17) is 31.5 Å². The van der Waals surface area contributed by atoms with Gasteiger partial charge in [0, 0.05) is 18.7 Å². The van der Waals surface area contributed by atoms with Crippen LogP contribution >= 0.6 is 11.6 Å². The Labute approximate surface area is 151 Å². The Hall–Kier alpha value is -2.60. The number of nitrogens with zero attached hydrogens (tertiary/aromatic N) is 1. The van der Waals surface area contributed by atoms with Crippen molar-refractivity contribution in [1.29, 1.82) is 0 Å². The van der Waals surface area contributed by atoms with E-state index in [-0.39, 0.29) is 6.10 Å². The molecule has 0 fully saturated rings. The van der Waals surface area contributed by atoms with E-state index in [1.165, 1.54) is 0 Å². The molecular weight excluding hydrogens is 342 g/mol. The van der Waals surface area contributed by atoms with Gasteiger partial charge in [0.05, 0.1) is 12.1 Å².